The number of rotatable bonds is 27. The van der Waals surface area contributed by atoms with Crippen molar-refractivity contribution in [3.8, 4) is 45.4 Å². The van der Waals surface area contributed by atoms with Crippen LogP contribution in [0.3, 0.4) is 0 Å². The number of nitrogens with zero attached hydrogens (tertiary/aromatic N) is 7. The first kappa shape index (κ1) is 100. The molecule has 100 heavy (non-hydrogen) atoms. The summed E-state index contributed by atoms with van der Waals surface area (Å²) < 4.78 is 4.36. The van der Waals surface area contributed by atoms with Crippen molar-refractivity contribution < 1.29 is 14.3 Å². The number of nitrogens with one attached hydrogen (secondary N) is 2. The van der Waals surface area contributed by atoms with E-state index < -0.39 is 0 Å². The molecule has 4 N–H and O–H groups in total. The van der Waals surface area contributed by atoms with E-state index in [-0.39, 0.29) is 91.3 Å². The molecule has 0 aliphatic carbocycles. The minimum absolute atomic E-state index is 0. The first-order chi connectivity index (χ1) is 46.8. The molecule has 8 aromatic rings. The van der Waals surface area contributed by atoms with Gasteiger partial charge in [-0.1, -0.05) is 80.2 Å². The summed E-state index contributed by atoms with van der Waals surface area (Å²) in [5, 5.41) is 6.36. The Kier molecular flexibility index (Phi) is 53.7. The third-order valence-corrected chi connectivity index (χ3v) is 181. The van der Waals surface area contributed by atoms with E-state index in [2.05, 4.69) is 358 Å². The SMILES string of the molecule is C.CNCCN(C)Cc1ccc(-c2cc(C)cc(-n3c(C)ccc3C)n2)cc1.CNCCN(C)Cc1ccc(-c2cc(C)cc(N)n2)cc1.Cc1cc(-c2ccc(C=O)cc2)nc(-n2c(C)ccc2C)c1.PP(P)P(P(P)P)P(P(P)P)P(P(P(P)P)P(P)P)P(P(P)P)P(P)P.[I][V][I]. The van der Waals surface area contributed by atoms with Gasteiger partial charge in [-0.2, -0.15) is 0 Å². The number of carbonyl (C=O) groups excluding carboxylic acids is 1. The molecule has 549 valence electrons. The summed E-state index contributed by atoms with van der Waals surface area (Å²) in [7, 11) is 54.2. The average molecular weight is 2090 g/mol. The third kappa shape index (κ3) is 34.2. The number of halogens is 2. The van der Waals surface area contributed by atoms with E-state index in [9.17, 15) is 4.79 Å². The summed E-state index contributed by atoms with van der Waals surface area (Å²) in [5.41, 5.74) is 23.5. The normalized spacial score (nSPS) is 11.8. The second-order valence-corrected chi connectivity index (χ2v) is 138. The Labute approximate surface area is 676 Å². The van der Waals surface area contributed by atoms with Gasteiger partial charge in [0.2, 0.25) is 0 Å². The predicted octanol–water partition coefficient (Wildman–Crippen LogP) is 28.0. The topological polar surface area (TPSA) is 122 Å². The molecule has 15 unspecified atom stereocenters. The van der Waals surface area contributed by atoms with E-state index >= 15 is 0 Å². The first-order valence-electron chi connectivity index (χ1n) is 30.2. The zero-order valence-corrected chi connectivity index (χ0v) is 90.4. The Morgan fingerprint density at radius 2 is 0.720 bits per heavy atom. The van der Waals surface area contributed by atoms with Crippen LogP contribution in [0.2, 0.25) is 0 Å². The van der Waals surface area contributed by atoms with Crippen molar-refractivity contribution in [3.05, 3.63) is 190 Å². The average Bonchev–Trinajstić information content (AvgIpc) is 0.861. The van der Waals surface area contributed by atoms with Gasteiger partial charge in [0.1, 0.15) is 23.7 Å². The summed E-state index contributed by atoms with van der Waals surface area (Å²) in [6.07, 6.45) is 0.853. The fraction of sp³-hybridized carbons (Fsp3) is 0.300. The Bertz CT molecular complexity index is 3600. The van der Waals surface area contributed by atoms with Crippen molar-refractivity contribution in [1.82, 2.24) is 44.5 Å². The minimum atomic E-state index is -0.0369. The van der Waals surface area contributed by atoms with E-state index in [1.807, 2.05) is 51.4 Å². The number of aromatic nitrogens is 5. The van der Waals surface area contributed by atoms with E-state index in [0.29, 0.717) is 20.8 Å². The Hall–Kier alpha value is 6.20. The number of anilines is 1. The van der Waals surface area contributed by atoms with Gasteiger partial charge >= 0.3 is 49.4 Å². The molecule has 3 aromatic carbocycles. The number of aldehydes is 1. The molecule has 0 saturated carbocycles. The van der Waals surface area contributed by atoms with Crippen LogP contribution in [0.1, 0.15) is 68.4 Å². The molecule has 8 rings (SSSR count). The number of hydrogen-bond acceptors (Lipinski definition) is 9. The van der Waals surface area contributed by atoms with Crippen LogP contribution in [0.5, 0.6) is 0 Å². The van der Waals surface area contributed by atoms with E-state index in [4.69, 9.17) is 15.7 Å². The number of carbonyl (C=O) groups is 1. The number of benzene rings is 3. The van der Waals surface area contributed by atoms with Crippen LogP contribution in [0.15, 0.2) is 133 Å². The number of pyridine rings is 3. The number of likely N-dealkylation sites (N-methyl/N-ethyl adjacent to an activating group) is 4. The molecule has 0 fully saturated rings. The van der Waals surface area contributed by atoms with Crippen molar-refractivity contribution in [3.63, 3.8) is 0 Å². The second kappa shape index (κ2) is 53.4. The molecule has 5 heterocycles. The molecule has 0 saturated heterocycles. The van der Waals surface area contributed by atoms with Gasteiger partial charge in [0.15, 0.2) is 0 Å². The zero-order valence-electron chi connectivity index (χ0n) is 57.8. The molecule has 15 atom stereocenters. The number of aryl methyl sites for hydroxylation is 7. The zero-order chi connectivity index (χ0) is 74.0. The van der Waals surface area contributed by atoms with Gasteiger partial charge in [-0.25, -0.2) is 15.0 Å². The van der Waals surface area contributed by atoms with Crippen LogP contribution in [0.4, 0.5) is 5.82 Å². The van der Waals surface area contributed by atoms with Crippen LogP contribution in [-0.4, -0.2) is 94.5 Å². The van der Waals surface area contributed by atoms with Crippen molar-refractivity contribution in [1.29, 1.82) is 0 Å². The van der Waals surface area contributed by atoms with Crippen molar-refractivity contribution in [2.24, 2.45) is 0 Å². The molecule has 40 heteroatoms. The Morgan fingerprint density at radius 1 is 0.440 bits per heavy atom. The van der Waals surface area contributed by atoms with Crippen molar-refractivity contribution in [2.45, 2.75) is 69.0 Å². The van der Waals surface area contributed by atoms with E-state index in [1.54, 1.807) is 0 Å². The van der Waals surface area contributed by atoms with Crippen molar-refractivity contribution >= 4 is 261 Å². The monoisotopic (exact) mass is 2090 g/mol. The second-order valence-electron chi connectivity index (χ2n) is 22.5. The number of nitrogen functional groups attached to an aromatic ring is 1. The van der Waals surface area contributed by atoms with Gasteiger partial charge in [0.25, 0.3) is 0 Å². The Morgan fingerprint density at radius 3 is 1.00 bits per heavy atom. The summed E-state index contributed by atoms with van der Waals surface area (Å²) in [4.78, 5) is 29.5. The van der Waals surface area contributed by atoms with Crippen LogP contribution in [-0.2, 0) is 22.6 Å². The van der Waals surface area contributed by atoms with Gasteiger partial charge in [-0.05, 0) is 249 Å². The molecule has 5 aromatic heterocycles. The standard InChI is InChI=1S/C23H30N4.C19H18N2O.C17H24N4.CH4.2HI.H28P26.V/c1-17-14-22(25-23(15-17)27-18(2)6-7-19(27)3)21-10-8-20(9-11-21)16-26(5)13-12-24-4;1-13-10-18(17-8-6-16(12-22)7-9-17)20-19(11-13)21-14(2)4-5-15(21)3;1-13-10-16(20-17(18)11-13)15-6-4-14(5-7-15)12-21(3)9-8-19-2;;;;1-15(2)22(16(3)4)25(21(13)14)26(23(17(5)6)18(7)8)24(19(9)10)20(11)12;/h6-11,14-15,24H,12-13,16H2,1-5H3;4-12H,1-3H3;4-7,10-11,19H,8-9,12H2,1-3H3,(H2,18,20);1H4;2*1H;1-14H2;/q;;;;;;;+2/p-2. The van der Waals surface area contributed by atoms with Gasteiger partial charge in [0, 0.05) is 84.3 Å². The van der Waals surface area contributed by atoms with E-state index in [1.165, 1.54) is 28.1 Å². The van der Waals surface area contributed by atoms with Crippen molar-refractivity contribution in [2.75, 3.05) is 60.1 Å². The maximum atomic E-state index is 10.8. The molecular formula is C60H104I2N10OP26V. The van der Waals surface area contributed by atoms with Gasteiger partial charge in [-0.3, -0.25) is 4.79 Å². The van der Waals surface area contributed by atoms with E-state index in [0.717, 1.165) is 113 Å². The molecule has 0 radical (unpaired) electrons. The molecule has 0 amide bonds. The summed E-state index contributed by atoms with van der Waals surface area (Å²) in [6.45, 7) is 20.8. The predicted molar refractivity (Wildman–Crippen MR) is 545 cm³/mol. The van der Waals surface area contributed by atoms with Gasteiger partial charge in [-0.15, -0.1) is 125 Å². The summed E-state index contributed by atoms with van der Waals surface area (Å²) >= 11 is 4.74. The van der Waals surface area contributed by atoms with Gasteiger partial charge < -0.3 is 35.3 Å². The molecular weight excluding hydrogens is 1990 g/mol. The first-order valence-corrected chi connectivity index (χ1v) is 85.8. The van der Waals surface area contributed by atoms with Crippen LogP contribution in [0, 0.1) is 48.5 Å². The maximum absolute atomic E-state index is 10.8. The molecule has 0 bridgehead atoms. The molecule has 0 aliphatic heterocycles. The fourth-order valence-corrected chi connectivity index (χ4v) is 344. The number of hydrogen-bond donors (Lipinski definition) is 3. The molecule has 0 aliphatic rings. The fourth-order valence-electron chi connectivity index (χ4n) is 9.79. The van der Waals surface area contributed by atoms with Crippen LogP contribution < -0.4 is 16.4 Å². The Balaban J connectivity index is 0.000000342. The summed E-state index contributed by atoms with van der Waals surface area (Å²) in [6, 6.07) is 45.7. The molecule has 11 nitrogen and oxygen atoms in total. The number of nitrogens with two attached hydrogens (primary N) is 1. The third-order valence-electron chi connectivity index (χ3n) is 14.2. The van der Waals surface area contributed by atoms with Gasteiger partial charge in [0.05, 0.1) is 17.1 Å². The quantitative estimate of drug-likeness (QED) is 0.0262. The summed E-state index contributed by atoms with van der Waals surface area (Å²) in [5.74, 6) is 2.48. The van der Waals surface area contributed by atoms with Crippen LogP contribution in [0.25, 0.3) is 45.4 Å². The van der Waals surface area contributed by atoms with Crippen LogP contribution >= 0.6 is 249 Å². The molecule has 0 spiro atoms.